The first-order valence-corrected chi connectivity index (χ1v) is 7.75. The zero-order valence-electron chi connectivity index (χ0n) is 14.7. The van der Waals surface area contributed by atoms with E-state index in [9.17, 15) is 14.9 Å². The van der Waals surface area contributed by atoms with Crippen molar-refractivity contribution in [1.82, 2.24) is 5.43 Å². The number of methoxy groups -OCH3 is 1. The predicted molar refractivity (Wildman–Crippen MR) is 96.8 cm³/mol. The first-order chi connectivity index (χ1) is 12.4. The van der Waals surface area contributed by atoms with E-state index in [1.807, 2.05) is 32.0 Å². The van der Waals surface area contributed by atoms with Gasteiger partial charge in [-0.05, 0) is 37.1 Å². The summed E-state index contributed by atoms with van der Waals surface area (Å²) in [5, 5.41) is 14.8. The van der Waals surface area contributed by atoms with Gasteiger partial charge in [0.15, 0.2) is 12.4 Å². The Hall–Kier alpha value is -3.42. The number of nitrogens with zero attached hydrogens (tertiary/aromatic N) is 2. The molecule has 0 saturated carbocycles. The van der Waals surface area contributed by atoms with Gasteiger partial charge in [-0.15, -0.1) is 0 Å². The second-order valence-corrected chi connectivity index (χ2v) is 5.49. The van der Waals surface area contributed by atoms with Crippen LogP contribution in [0.1, 0.15) is 16.7 Å². The summed E-state index contributed by atoms with van der Waals surface area (Å²) in [6, 6.07) is 10.1. The van der Waals surface area contributed by atoms with Crippen molar-refractivity contribution in [2.24, 2.45) is 5.10 Å². The fourth-order valence-electron chi connectivity index (χ4n) is 2.31. The standard InChI is InChI=1S/C18H19N3O5/c1-12-5-4-6-13(2)18(12)26-11-17(22)20-19-10-14-7-8-16(25-3)15(9-14)21(23)24/h4-10H,11H2,1-3H3,(H,20,22)/b19-10+. The van der Waals surface area contributed by atoms with Gasteiger partial charge < -0.3 is 9.47 Å². The molecule has 0 aliphatic rings. The number of hydrazone groups is 1. The van der Waals surface area contributed by atoms with Crippen molar-refractivity contribution in [2.45, 2.75) is 13.8 Å². The van der Waals surface area contributed by atoms with Gasteiger partial charge in [-0.1, -0.05) is 18.2 Å². The molecule has 8 nitrogen and oxygen atoms in total. The minimum absolute atomic E-state index is 0.151. The number of nitro benzene ring substituents is 1. The van der Waals surface area contributed by atoms with E-state index in [1.54, 1.807) is 6.07 Å². The van der Waals surface area contributed by atoms with E-state index in [4.69, 9.17) is 9.47 Å². The minimum Gasteiger partial charge on any atom is -0.490 e. The average molecular weight is 357 g/mol. The van der Waals surface area contributed by atoms with Crippen LogP contribution in [0.3, 0.4) is 0 Å². The van der Waals surface area contributed by atoms with Crippen molar-refractivity contribution in [3.05, 3.63) is 63.2 Å². The summed E-state index contributed by atoms with van der Waals surface area (Å²) in [6.07, 6.45) is 1.31. The van der Waals surface area contributed by atoms with Gasteiger partial charge in [-0.2, -0.15) is 5.10 Å². The summed E-state index contributed by atoms with van der Waals surface area (Å²) in [5.41, 5.74) is 4.47. The SMILES string of the molecule is COc1ccc(/C=N/NC(=O)COc2c(C)cccc2C)cc1[N+](=O)[O-]. The highest BCUT2D eigenvalue weighted by molar-refractivity contribution is 5.84. The third-order valence-electron chi connectivity index (χ3n) is 3.56. The van der Waals surface area contributed by atoms with E-state index in [1.165, 1.54) is 25.5 Å². The number of rotatable bonds is 7. The summed E-state index contributed by atoms with van der Waals surface area (Å²) < 4.78 is 10.4. The zero-order chi connectivity index (χ0) is 19.1. The van der Waals surface area contributed by atoms with Crippen molar-refractivity contribution < 1.29 is 19.2 Å². The maximum Gasteiger partial charge on any atom is 0.311 e. The molecule has 2 aromatic rings. The molecule has 1 N–H and O–H groups in total. The molecule has 0 atom stereocenters. The van der Waals surface area contributed by atoms with E-state index < -0.39 is 10.8 Å². The minimum atomic E-state index is -0.548. The number of nitrogens with one attached hydrogen (secondary N) is 1. The summed E-state index contributed by atoms with van der Waals surface area (Å²) in [7, 11) is 1.35. The summed E-state index contributed by atoms with van der Waals surface area (Å²) in [6.45, 7) is 3.61. The molecule has 0 fully saturated rings. The van der Waals surface area contributed by atoms with Gasteiger partial charge in [0.05, 0.1) is 18.2 Å². The number of amides is 1. The Morgan fingerprint density at radius 2 is 1.96 bits per heavy atom. The molecule has 0 bridgehead atoms. The Bertz CT molecular complexity index is 828. The summed E-state index contributed by atoms with van der Waals surface area (Å²) in [5.74, 6) is 0.377. The highest BCUT2D eigenvalue weighted by Crippen LogP contribution is 2.26. The first kappa shape index (κ1) is 18.9. The lowest BCUT2D eigenvalue weighted by Gasteiger charge is -2.10. The van der Waals surface area contributed by atoms with Crippen LogP contribution in [0.4, 0.5) is 5.69 Å². The third-order valence-corrected chi connectivity index (χ3v) is 3.56. The molecule has 136 valence electrons. The number of hydrogen-bond donors (Lipinski definition) is 1. The van der Waals surface area contributed by atoms with Crippen LogP contribution >= 0.6 is 0 Å². The molecule has 0 spiro atoms. The van der Waals surface area contributed by atoms with E-state index >= 15 is 0 Å². The Labute approximate surface area is 150 Å². The van der Waals surface area contributed by atoms with Gasteiger partial charge in [-0.25, -0.2) is 5.43 Å². The monoisotopic (exact) mass is 357 g/mol. The van der Waals surface area contributed by atoms with Crippen molar-refractivity contribution >= 4 is 17.8 Å². The molecular weight excluding hydrogens is 338 g/mol. The smallest absolute Gasteiger partial charge is 0.311 e. The third kappa shape index (κ3) is 4.79. The van der Waals surface area contributed by atoms with E-state index in [0.29, 0.717) is 11.3 Å². The molecule has 0 unspecified atom stereocenters. The molecule has 2 rings (SSSR count). The Morgan fingerprint density at radius 3 is 2.58 bits per heavy atom. The molecule has 0 radical (unpaired) electrons. The van der Waals surface area contributed by atoms with Gasteiger partial charge in [0, 0.05) is 11.6 Å². The number of hydrogen-bond acceptors (Lipinski definition) is 6. The van der Waals surface area contributed by atoms with E-state index in [2.05, 4.69) is 10.5 Å². The fourth-order valence-corrected chi connectivity index (χ4v) is 2.31. The Balaban J connectivity index is 1.95. The number of ether oxygens (including phenoxy) is 2. The van der Waals surface area contributed by atoms with E-state index in [0.717, 1.165) is 11.1 Å². The Morgan fingerprint density at radius 1 is 1.27 bits per heavy atom. The van der Waals surface area contributed by atoms with Crippen molar-refractivity contribution in [1.29, 1.82) is 0 Å². The summed E-state index contributed by atoms with van der Waals surface area (Å²) >= 11 is 0. The van der Waals surface area contributed by atoms with E-state index in [-0.39, 0.29) is 18.0 Å². The van der Waals surface area contributed by atoms with Crippen molar-refractivity contribution in [2.75, 3.05) is 13.7 Å². The Kier molecular flexibility index (Phi) is 6.26. The lowest BCUT2D eigenvalue weighted by Crippen LogP contribution is -2.25. The second kappa shape index (κ2) is 8.61. The first-order valence-electron chi connectivity index (χ1n) is 7.75. The van der Waals surface area contributed by atoms with Gasteiger partial charge >= 0.3 is 5.69 Å². The van der Waals surface area contributed by atoms with Gasteiger partial charge in [0.2, 0.25) is 0 Å². The fraction of sp³-hybridized carbons (Fsp3) is 0.222. The lowest BCUT2D eigenvalue weighted by molar-refractivity contribution is -0.385. The molecule has 0 aromatic heterocycles. The quantitative estimate of drug-likeness (QED) is 0.466. The molecule has 2 aromatic carbocycles. The number of aryl methyl sites for hydroxylation is 2. The molecule has 0 heterocycles. The molecule has 1 amide bonds. The van der Waals surface area contributed by atoms with Crippen LogP contribution in [0, 0.1) is 24.0 Å². The van der Waals surface area contributed by atoms with Gasteiger partial charge in [-0.3, -0.25) is 14.9 Å². The lowest BCUT2D eigenvalue weighted by atomic mass is 10.1. The molecular formula is C18H19N3O5. The molecule has 0 aliphatic carbocycles. The normalized spacial score (nSPS) is 10.6. The number of carbonyl (C=O) groups is 1. The topological polar surface area (TPSA) is 103 Å². The second-order valence-electron chi connectivity index (χ2n) is 5.49. The molecule has 0 saturated heterocycles. The van der Waals surface area contributed by atoms with Crippen LogP contribution in [0.15, 0.2) is 41.5 Å². The van der Waals surface area contributed by atoms with Crippen LogP contribution in [0.25, 0.3) is 0 Å². The average Bonchev–Trinajstić information content (AvgIpc) is 2.61. The maximum atomic E-state index is 11.8. The van der Waals surface area contributed by atoms with Gasteiger partial charge in [0.25, 0.3) is 5.91 Å². The molecule has 26 heavy (non-hydrogen) atoms. The van der Waals surface area contributed by atoms with Crippen molar-refractivity contribution in [3.8, 4) is 11.5 Å². The van der Waals surface area contributed by atoms with Crippen LogP contribution in [-0.2, 0) is 4.79 Å². The van der Waals surface area contributed by atoms with Crippen molar-refractivity contribution in [3.63, 3.8) is 0 Å². The predicted octanol–water partition coefficient (Wildman–Crippen LogP) is 2.75. The summed E-state index contributed by atoms with van der Waals surface area (Å²) in [4.78, 5) is 22.3. The molecule has 0 aliphatic heterocycles. The zero-order valence-corrected chi connectivity index (χ0v) is 14.7. The number of benzene rings is 2. The number of para-hydroxylation sites is 1. The maximum absolute atomic E-state index is 11.8. The highest BCUT2D eigenvalue weighted by Gasteiger charge is 2.14. The molecule has 8 heteroatoms. The van der Waals surface area contributed by atoms with Gasteiger partial charge in [0.1, 0.15) is 5.75 Å². The highest BCUT2D eigenvalue weighted by atomic mass is 16.6. The van der Waals surface area contributed by atoms with Crippen LogP contribution < -0.4 is 14.9 Å². The van der Waals surface area contributed by atoms with Crippen LogP contribution in [0.5, 0.6) is 11.5 Å². The number of nitro groups is 1. The number of carbonyl (C=O) groups excluding carboxylic acids is 1. The largest absolute Gasteiger partial charge is 0.490 e. The van der Waals surface area contributed by atoms with Crippen LogP contribution in [0.2, 0.25) is 0 Å². The van der Waals surface area contributed by atoms with Crippen LogP contribution in [-0.4, -0.2) is 30.8 Å².